The monoisotopic (exact) mass is 263 g/mol. The molecule has 1 aromatic rings. The molecule has 0 aromatic carbocycles. The van der Waals surface area contributed by atoms with Crippen molar-refractivity contribution in [1.29, 1.82) is 0 Å². The Hall–Kier alpha value is -1.62. The molecule has 0 atom stereocenters. The van der Waals surface area contributed by atoms with E-state index in [0.717, 1.165) is 18.7 Å². The molecular weight excluding hydrogens is 242 g/mol. The molecule has 2 N–H and O–H groups in total. The molecule has 19 heavy (non-hydrogen) atoms. The summed E-state index contributed by atoms with van der Waals surface area (Å²) in [5.74, 6) is -0.173. The number of carbonyl (C=O) groups is 2. The number of nitrogens with zero attached hydrogens (tertiary/aromatic N) is 1. The van der Waals surface area contributed by atoms with E-state index < -0.39 is 0 Å². The highest BCUT2D eigenvalue weighted by atomic mass is 16.1. The molecule has 2 rings (SSSR count). The van der Waals surface area contributed by atoms with E-state index in [9.17, 15) is 9.59 Å². The average molecular weight is 263 g/mol. The largest absolute Gasteiger partial charge is 0.356 e. The number of aldehydes is 1. The number of aromatic nitrogens is 1. The van der Waals surface area contributed by atoms with Gasteiger partial charge in [0.1, 0.15) is 0 Å². The number of hydrogen-bond donors (Lipinski definition) is 2. The van der Waals surface area contributed by atoms with Crippen molar-refractivity contribution in [1.82, 2.24) is 15.2 Å². The van der Waals surface area contributed by atoms with Gasteiger partial charge in [0.05, 0.1) is 11.3 Å². The van der Waals surface area contributed by atoms with Crippen molar-refractivity contribution in [3.63, 3.8) is 0 Å². The van der Waals surface area contributed by atoms with Crippen molar-refractivity contribution in [2.75, 3.05) is 26.2 Å². The van der Waals surface area contributed by atoms with E-state index in [1.807, 2.05) is 6.92 Å². The third kappa shape index (κ3) is 3.67. The highest BCUT2D eigenvalue weighted by Gasteiger charge is 2.14. The van der Waals surface area contributed by atoms with Crippen LogP contribution >= 0.6 is 0 Å². The number of nitrogens with one attached hydrogen (secondary N) is 2. The van der Waals surface area contributed by atoms with Crippen molar-refractivity contribution in [2.24, 2.45) is 0 Å². The summed E-state index contributed by atoms with van der Waals surface area (Å²) in [4.78, 5) is 28.1. The van der Waals surface area contributed by atoms with E-state index in [-0.39, 0.29) is 5.91 Å². The van der Waals surface area contributed by atoms with Gasteiger partial charge >= 0.3 is 0 Å². The Balaban J connectivity index is 1.75. The number of carbonyl (C=O) groups excluding carboxylic acids is 2. The minimum Gasteiger partial charge on any atom is -0.356 e. The summed E-state index contributed by atoms with van der Waals surface area (Å²) in [5.41, 5.74) is 1.62. The first-order chi connectivity index (χ1) is 9.20. The molecule has 0 spiro atoms. The number of H-pyrrole nitrogens is 1. The maximum absolute atomic E-state index is 11.9. The van der Waals surface area contributed by atoms with Gasteiger partial charge in [0.2, 0.25) is 0 Å². The topological polar surface area (TPSA) is 65.2 Å². The lowest BCUT2D eigenvalue weighted by molar-refractivity contribution is 0.0946. The molecule has 1 fully saturated rings. The van der Waals surface area contributed by atoms with Crippen LogP contribution < -0.4 is 5.32 Å². The Morgan fingerprint density at radius 3 is 2.89 bits per heavy atom. The van der Waals surface area contributed by atoms with Crippen molar-refractivity contribution >= 4 is 12.2 Å². The zero-order valence-corrected chi connectivity index (χ0v) is 11.4. The van der Waals surface area contributed by atoms with Gasteiger partial charge in [0.25, 0.3) is 5.91 Å². The Labute approximate surface area is 113 Å². The standard InChI is InChI=1S/C14H21N3O2/c1-11-9-12(13(10-18)16-11)14(19)15-5-4-8-17-6-2-3-7-17/h9-10,16H,2-8H2,1H3,(H,15,19). The molecule has 1 amide bonds. The zero-order valence-electron chi connectivity index (χ0n) is 11.4. The number of aromatic amines is 1. The van der Waals surface area contributed by atoms with Crippen molar-refractivity contribution in [3.8, 4) is 0 Å². The number of hydrogen-bond acceptors (Lipinski definition) is 3. The number of likely N-dealkylation sites (tertiary alicyclic amines) is 1. The highest BCUT2D eigenvalue weighted by molar-refractivity contribution is 6.00. The van der Waals surface area contributed by atoms with Gasteiger partial charge in [0.15, 0.2) is 6.29 Å². The van der Waals surface area contributed by atoms with Crippen LogP contribution in [0, 0.1) is 6.92 Å². The van der Waals surface area contributed by atoms with E-state index >= 15 is 0 Å². The van der Waals surface area contributed by atoms with Crippen LogP contribution in [-0.4, -0.2) is 48.3 Å². The average Bonchev–Trinajstić information content (AvgIpc) is 3.03. The van der Waals surface area contributed by atoms with Gasteiger partial charge in [-0.3, -0.25) is 9.59 Å². The second-order valence-corrected chi connectivity index (χ2v) is 5.06. The summed E-state index contributed by atoms with van der Waals surface area (Å²) in [7, 11) is 0. The molecule has 0 aliphatic carbocycles. The Bertz CT molecular complexity index is 448. The molecule has 0 unspecified atom stereocenters. The fraction of sp³-hybridized carbons (Fsp3) is 0.571. The van der Waals surface area contributed by atoms with Gasteiger partial charge in [-0.15, -0.1) is 0 Å². The lowest BCUT2D eigenvalue weighted by atomic mass is 10.2. The number of rotatable bonds is 6. The molecule has 5 nitrogen and oxygen atoms in total. The minimum absolute atomic E-state index is 0.173. The number of amides is 1. The SMILES string of the molecule is Cc1cc(C(=O)NCCCN2CCCC2)c(C=O)[nH]1. The highest BCUT2D eigenvalue weighted by Crippen LogP contribution is 2.09. The van der Waals surface area contributed by atoms with Crippen LogP contribution in [0.3, 0.4) is 0 Å². The molecule has 104 valence electrons. The molecule has 0 radical (unpaired) electrons. The molecule has 1 aromatic heterocycles. The van der Waals surface area contributed by atoms with Gasteiger partial charge in [-0.05, 0) is 51.9 Å². The fourth-order valence-electron chi connectivity index (χ4n) is 2.50. The third-order valence-corrected chi connectivity index (χ3v) is 3.48. The molecule has 5 heteroatoms. The predicted molar refractivity (Wildman–Crippen MR) is 73.5 cm³/mol. The molecule has 2 heterocycles. The normalized spacial score (nSPS) is 15.6. The first kappa shape index (κ1) is 13.8. The zero-order chi connectivity index (χ0) is 13.7. The van der Waals surface area contributed by atoms with Gasteiger partial charge < -0.3 is 15.2 Å². The van der Waals surface area contributed by atoms with Crippen LogP contribution in [0.2, 0.25) is 0 Å². The maximum Gasteiger partial charge on any atom is 0.253 e. The van der Waals surface area contributed by atoms with Gasteiger partial charge in [-0.1, -0.05) is 0 Å². The second-order valence-electron chi connectivity index (χ2n) is 5.06. The molecule has 0 bridgehead atoms. The quantitative estimate of drug-likeness (QED) is 0.601. The van der Waals surface area contributed by atoms with E-state index in [1.165, 1.54) is 25.9 Å². The predicted octanol–water partition coefficient (Wildman–Crippen LogP) is 1.35. The Morgan fingerprint density at radius 1 is 1.47 bits per heavy atom. The summed E-state index contributed by atoms with van der Waals surface area (Å²) in [6, 6.07) is 1.71. The van der Waals surface area contributed by atoms with E-state index in [2.05, 4.69) is 15.2 Å². The first-order valence-electron chi connectivity index (χ1n) is 6.86. The summed E-state index contributed by atoms with van der Waals surface area (Å²) in [6.07, 6.45) is 4.22. The summed E-state index contributed by atoms with van der Waals surface area (Å²) in [5, 5.41) is 2.87. The van der Waals surface area contributed by atoms with Crippen LogP contribution in [0.25, 0.3) is 0 Å². The van der Waals surface area contributed by atoms with E-state index in [0.29, 0.717) is 24.1 Å². The number of aryl methyl sites for hydroxylation is 1. The van der Waals surface area contributed by atoms with Gasteiger partial charge in [-0.2, -0.15) is 0 Å². The van der Waals surface area contributed by atoms with Crippen LogP contribution in [0.5, 0.6) is 0 Å². The fourth-order valence-corrected chi connectivity index (χ4v) is 2.50. The summed E-state index contributed by atoms with van der Waals surface area (Å²) in [6.45, 7) is 5.88. The molecule has 0 saturated carbocycles. The van der Waals surface area contributed by atoms with E-state index in [4.69, 9.17) is 0 Å². The van der Waals surface area contributed by atoms with Crippen LogP contribution in [0.1, 0.15) is 45.8 Å². The minimum atomic E-state index is -0.173. The Morgan fingerprint density at radius 2 is 2.21 bits per heavy atom. The van der Waals surface area contributed by atoms with Gasteiger partial charge in [0, 0.05) is 12.2 Å². The lowest BCUT2D eigenvalue weighted by Gasteiger charge is -2.14. The molecular formula is C14H21N3O2. The molecule has 1 aliphatic rings. The smallest absolute Gasteiger partial charge is 0.253 e. The van der Waals surface area contributed by atoms with E-state index in [1.54, 1.807) is 6.07 Å². The summed E-state index contributed by atoms with van der Waals surface area (Å²) < 4.78 is 0. The van der Waals surface area contributed by atoms with Crippen molar-refractivity contribution in [2.45, 2.75) is 26.2 Å². The van der Waals surface area contributed by atoms with Crippen LogP contribution in [0.4, 0.5) is 0 Å². The van der Waals surface area contributed by atoms with Gasteiger partial charge in [-0.25, -0.2) is 0 Å². The van der Waals surface area contributed by atoms with Crippen molar-refractivity contribution in [3.05, 3.63) is 23.0 Å². The van der Waals surface area contributed by atoms with Crippen LogP contribution in [0.15, 0.2) is 6.07 Å². The van der Waals surface area contributed by atoms with Crippen molar-refractivity contribution < 1.29 is 9.59 Å². The lowest BCUT2D eigenvalue weighted by Crippen LogP contribution is -2.29. The second kappa shape index (κ2) is 6.52. The summed E-state index contributed by atoms with van der Waals surface area (Å²) >= 11 is 0. The molecule has 1 aliphatic heterocycles. The third-order valence-electron chi connectivity index (χ3n) is 3.48. The Kier molecular flexibility index (Phi) is 4.74. The molecule has 1 saturated heterocycles. The maximum atomic E-state index is 11.9. The first-order valence-corrected chi connectivity index (χ1v) is 6.86. The van der Waals surface area contributed by atoms with Crippen LogP contribution in [-0.2, 0) is 0 Å².